The van der Waals surface area contributed by atoms with Crippen LogP contribution in [0, 0.1) is 11.8 Å². The monoisotopic (exact) mass is 419 g/mol. The fourth-order valence-corrected chi connectivity index (χ4v) is 5.53. The Hall–Kier alpha value is -0.400. The molecule has 3 aliphatic heterocycles. The standard InChI is InChI=1S/C19H33NO9/c1-25-16-8-3-4-10(17(26-2)12(8)20-18-9(16)5-6-27-18)28-19-15(24)14(23)13(22)11(7-21)29-19/h8-24H,3-7H2,1-2H3/t8?,9?,10?,11-,12?,13+,14+,15+,16?,17?,18?,19-/m0/s1. The molecule has 10 heteroatoms. The lowest BCUT2D eigenvalue weighted by Gasteiger charge is -2.52. The molecule has 0 aromatic rings. The molecule has 4 aliphatic rings. The van der Waals surface area contributed by atoms with Gasteiger partial charge in [0.15, 0.2) is 6.29 Å². The van der Waals surface area contributed by atoms with Gasteiger partial charge in [-0.05, 0) is 19.3 Å². The van der Waals surface area contributed by atoms with Gasteiger partial charge < -0.3 is 44.1 Å². The summed E-state index contributed by atoms with van der Waals surface area (Å²) in [4.78, 5) is 0. The van der Waals surface area contributed by atoms with E-state index in [4.69, 9.17) is 23.7 Å². The first kappa shape index (κ1) is 21.8. The van der Waals surface area contributed by atoms with Gasteiger partial charge in [-0.2, -0.15) is 0 Å². The number of methoxy groups -OCH3 is 2. The molecule has 168 valence electrons. The molecular weight excluding hydrogens is 386 g/mol. The molecule has 0 spiro atoms. The topological polar surface area (TPSA) is 139 Å². The summed E-state index contributed by atoms with van der Waals surface area (Å²) in [5, 5.41) is 43.2. The van der Waals surface area contributed by atoms with Gasteiger partial charge in [0.1, 0.15) is 30.6 Å². The largest absolute Gasteiger partial charge is 0.394 e. The van der Waals surface area contributed by atoms with E-state index in [9.17, 15) is 20.4 Å². The van der Waals surface area contributed by atoms with Crippen molar-refractivity contribution in [2.24, 2.45) is 11.8 Å². The van der Waals surface area contributed by atoms with Crippen molar-refractivity contribution in [2.75, 3.05) is 27.4 Å². The van der Waals surface area contributed by atoms with Crippen LogP contribution in [0.3, 0.4) is 0 Å². The summed E-state index contributed by atoms with van der Waals surface area (Å²) in [5.74, 6) is 0.546. The summed E-state index contributed by atoms with van der Waals surface area (Å²) in [6, 6.07) is -0.0621. The highest BCUT2D eigenvalue weighted by atomic mass is 16.7. The molecule has 3 heterocycles. The number of rotatable bonds is 5. The number of aliphatic hydroxyl groups excluding tert-OH is 4. The normalized spacial score (nSPS) is 52.8. The minimum absolute atomic E-state index is 0.0621. The molecule has 3 saturated heterocycles. The predicted molar refractivity (Wildman–Crippen MR) is 97.7 cm³/mol. The first-order valence-corrected chi connectivity index (χ1v) is 10.4. The smallest absolute Gasteiger partial charge is 0.187 e. The summed E-state index contributed by atoms with van der Waals surface area (Å²) in [5.41, 5.74) is 0. The third kappa shape index (κ3) is 3.84. The lowest BCUT2D eigenvalue weighted by Crippen LogP contribution is -2.67. The zero-order valence-electron chi connectivity index (χ0n) is 16.8. The molecule has 12 atom stereocenters. The Kier molecular flexibility index (Phi) is 6.77. The van der Waals surface area contributed by atoms with E-state index in [0.717, 1.165) is 12.8 Å². The molecule has 29 heavy (non-hydrogen) atoms. The maximum absolute atomic E-state index is 10.3. The van der Waals surface area contributed by atoms with Crippen LogP contribution in [0.2, 0.25) is 0 Å². The van der Waals surface area contributed by atoms with Gasteiger partial charge in [-0.25, -0.2) is 0 Å². The van der Waals surface area contributed by atoms with Crippen LogP contribution in [-0.2, 0) is 23.7 Å². The molecule has 0 aromatic carbocycles. The molecule has 4 fully saturated rings. The Balaban J connectivity index is 1.48. The van der Waals surface area contributed by atoms with Crippen LogP contribution in [-0.4, -0.2) is 109 Å². The van der Waals surface area contributed by atoms with E-state index in [1.165, 1.54) is 0 Å². The van der Waals surface area contributed by atoms with Crippen LogP contribution in [0.15, 0.2) is 0 Å². The molecule has 0 radical (unpaired) electrons. The molecule has 4 rings (SSSR count). The van der Waals surface area contributed by atoms with Crippen molar-refractivity contribution in [3.05, 3.63) is 0 Å². The van der Waals surface area contributed by atoms with E-state index in [2.05, 4.69) is 5.32 Å². The lowest BCUT2D eigenvalue weighted by molar-refractivity contribution is -0.323. The zero-order valence-corrected chi connectivity index (χ0v) is 16.8. The number of hydrogen-bond donors (Lipinski definition) is 5. The highest BCUT2D eigenvalue weighted by molar-refractivity contribution is 5.05. The van der Waals surface area contributed by atoms with E-state index in [1.807, 2.05) is 0 Å². The van der Waals surface area contributed by atoms with Crippen LogP contribution in [0.5, 0.6) is 0 Å². The molecule has 7 unspecified atom stereocenters. The van der Waals surface area contributed by atoms with Gasteiger partial charge >= 0.3 is 0 Å². The maximum Gasteiger partial charge on any atom is 0.187 e. The van der Waals surface area contributed by atoms with Crippen molar-refractivity contribution in [3.63, 3.8) is 0 Å². The number of nitrogens with one attached hydrogen (secondary N) is 1. The van der Waals surface area contributed by atoms with Crippen molar-refractivity contribution in [1.82, 2.24) is 5.32 Å². The van der Waals surface area contributed by atoms with Crippen LogP contribution < -0.4 is 5.32 Å². The Morgan fingerprint density at radius 1 is 0.931 bits per heavy atom. The van der Waals surface area contributed by atoms with Gasteiger partial charge in [0, 0.05) is 38.7 Å². The zero-order chi connectivity index (χ0) is 20.7. The highest BCUT2D eigenvalue weighted by Gasteiger charge is 2.54. The van der Waals surface area contributed by atoms with Crippen LogP contribution in [0.1, 0.15) is 19.3 Å². The fraction of sp³-hybridized carbons (Fsp3) is 1.00. The summed E-state index contributed by atoms with van der Waals surface area (Å²) < 4.78 is 29.0. The minimum Gasteiger partial charge on any atom is -0.394 e. The van der Waals surface area contributed by atoms with Crippen molar-refractivity contribution < 1.29 is 44.1 Å². The summed E-state index contributed by atoms with van der Waals surface area (Å²) in [6.45, 7) is 0.204. The maximum atomic E-state index is 10.3. The molecule has 0 bridgehead atoms. The quantitative estimate of drug-likeness (QED) is 0.338. The number of hydrogen-bond acceptors (Lipinski definition) is 10. The summed E-state index contributed by atoms with van der Waals surface area (Å²) in [6.07, 6.45) is -4.83. The first-order valence-electron chi connectivity index (χ1n) is 10.4. The molecular formula is C19H33NO9. The predicted octanol–water partition coefficient (Wildman–Crippen LogP) is -2.05. The van der Waals surface area contributed by atoms with E-state index in [-0.39, 0.29) is 30.4 Å². The number of aliphatic hydroxyl groups is 4. The number of piperidine rings is 1. The summed E-state index contributed by atoms with van der Waals surface area (Å²) >= 11 is 0. The number of ether oxygens (including phenoxy) is 5. The third-order valence-electron chi connectivity index (χ3n) is 7.01. The van der Waals surface area contributed by atoms with E-state index < -0.39 is 43.4 Å². The van der Waals surface area contributed by atoms with E-state index in [1.54, 1.807) is 14.2 Å². The lowest BCUT2D eigenvalue weighted by atomic mass is 9.70. The Morgan fingerprint density at radius 3 is 2.38 bits per heavy atom. The van der Waals surface area contributed by atoms with Crippen LogP contribution in [0.25, 0.3) is 0 Å². The van der Waals surface area contributed by atoms with Crippen molar-refractivity contribution in [2.45, 2.75) is 80.5 Å². The molecule has 10 nitrogen and oxygen atoms in total. The molecule has 0 aromatic heterocycles. The van der Waals surface area contributed by atoms with Crippen LogP contribution >= 0.6 is 0 Å². The third-order valence-corrected chi connectivity index (χ3v) is 7.01. The Morgan fingerprint density at radius 2 is 1.69 bits per heavy atom. The van der Waals surface area contributed by atoms with Gasteiger partial charge in [0.25, 0.3) is 0 Å². The second-order valence-corrected chi connectivity index (χ2v) is 8.45. The van der Waals surface area contributed by atoms with Gasteiger partial charge in [-0.15, -0.1) is 0 Å². The van der Waals surface area contributed by atoms with Gasteiger partial charge in [-0.3, -0.25) is 5.32 Å². The fourth-order valence-electron chi connectivity index (χ4n) is 5.53. The second-order valence-electron chi connectivity index (χ2n) is 8.45. The molecule has 1 saturated carbocycles. The van der Waals surface area contributed by atoms with Crippen molar-refractivity contribution in [3.8, 4) is 0 Å². The highest BCUT2D eigenvalue weighted by Crippen LogP contribution is 2.42. The number of fused-ring (bicyclic) bond motifs is 2. The molecule has 1 aliphatic carbocycles. The molecule has 5 N–H and O–H groups in total. The van der Waals surface area contributed by atoms with Gasteiger partial charge in [0.2, 0.25) is 0 Å². The van der Waals surface area contributed by atoms with Gasteiger partial charge in [-0.1, -0.05) is 0 Å². The van der Waals surface area contributed by atoms with Crippen LogP contribution in [0.4, 0.5) is 0 Å². The second kappa shape index (κ2) is 8.99. The van der Waals surface area contributed by atoms with E-state index in [0.29, 0.717) is 18.9 Å². The average molecular weight is 419 g/mol. The van der Waals surface area contributed by atoms with Crippen molar-refractivity contribution in [1.29, 1.82) is 0 Å². The van der Waals surface area contributed by atoms with E-state index >= 15 is 0 Å². The average Bonchev–Trinajstić information content (AvgIpc) is 3.20. The molecule has 0 amide bonds. The first-order chi connectivity index (χ1) is 14.0. The SMILES string of the molecule is COC1C2CCOC2NC2C1CCC(O[C@H]1O[C@@H](CO)[C@@H](O)[C@@H](O)[C@H]1O)C2OC. The Labute approximate surface area is 170 Å². The van der Waals surface area contributed by atoms with Gasteiger partial charge in [0.05, 0.1) is 24.9 Å². The van der Waals surface area contributed by atoms with Crippen molar-refractivity contribution >= 4 is 0 Å². The minimum atomic E-state index is -1.47. The summed E-state index contributed by atoms with van der Waals surface area (Å²) in [7, 11) is 3.35. The Bertz CT molecular complexity index is 552.